The minimum Gasteiger partial charge on any atom is -0.371 e. The van der Waals surface area contributed by atoms with Gasteiger partial charge in [0.1, 0.15) is 0 Å². The highest BCUT2D eigenvalue weighted by atomic mass is 15.1. The van der Waals surface area contributed by atoms with Crippen LogP contribution in [0.3, 0.4) is 0 Å². The van der Waals surface area contributed by atoms with Gasteiger partial charge in [-0.1, -0.05) is 37.5 Å². The second-order valence-corrected chi connectivity index (χ2v) is 6.61. The lowest BCUT2D eigenvalue weighted by Gasteiger charge is -2.41. The van der Waals surface area contributed by atoms with Crippen LogP contribution in [-0.4, -0.2) is 19.6 Å². The van der Waals surface area contributed by atoms with Gasteiger partial charge in [-0.2, -0.15) is 0 Å². The molecule has 2 N–H and O–H groups in total. The number of hydrogen-bond donors (Lipinski definition) is 1. The fraction of sp³-hybridized carbons (Fsp3) is 0.667. The van der Waals surface area contributed by atoms with E-state index in [1.165, 1.54) is 75.7 Å². The topological polar surface area (TPSA) is 29.3 Å². The molecule has 0 amide bonds. The van der Waals surface area contributed by atoms with Crippen molar-refractivity contribution in [2.24, 2.45) is 5.73 Å². The van der Waals surface area contributed by atoms with E-state index in [0.717, 1.165) is 6.54 Å². The van der Waals surface area contributed by atoms with Crippen molar-refractivity contribution >= 4 is 5.69 Å². The van der Waals surface area contributed by atoms with Crippen LogP contribution in [0.15, 0.2) is 24.3 Å². The van der Waals surface area contributed by atoms with Gasteiger partial charge in [-0.25, -0.2) is 0 Å². The van der Waals surface area contributed by atoms with Crippen LogP contribution in [0.1, 0.15) is 56.9 Å². The van der Waals surface area contributed by atoms with E-state index in [9.17, 15) is 0 Å². The van der Waals surface area contributed by atoms with Crippen LogP contribution < -0.4 is 10.6 Å². The van der Waals surface area contributed by atoms with Crippen molar-refractivity contribution in [2.45, 2.75) is 56.8 Å². The monoisotopic (exact) mass is 272 g/mol. The zero-order chi connectivity index (χ0) is 13.8. The first-order valence-electron chi connectivity index (χ1n) is 8.40. The average Bonchev–Trinajstić information content (AvgIpc) is 2.56. The van der Waals surface area contributed by atoms with Crippen LogP contribution in [0.2, 0.25) is 0 Å². The lowest BCUT2D eigenvalue weighted by molar-refractivity contribution is 0.300. The summed E-state index contributed by atoms with van der Waals surface area (Å²) in [5.41, 5.74) is 9.50. The Morgan fingerprint density at radius 2 is 1.55 bits per heavy atom. The summed E-state index contributed by atoms with van der Waals surface area (Å²) < 4.78 is 0. The molecule has 1 aliphatic heterocycles. The third-order valence-electron chi connectivity index (χ3n) is 5.37. The fourth-order valence-electron chi connectivity index (χ4n) is 4.14. The van der Waals surface area contributed by atoms with Gasteiger partial charge in [-0.3, -0.25) is 0 Å². The van der Waals surface area contributed by atoms with Crippen molar-refractivity contribution in [3.8, 4) is 0 Å². The first-order valence-corrected chi connectivity index (χ1v) is 8.40. The number of anilines is 1. The van der Waals surface area contributed by atoms with E-state index < -0.39 is 0 Å². The van der Waals surface area contributed by atoms with Crippen LogP contribution in [0.25, 0.3) is 0 Å². The first kappa shape index (κ1) is 13.9. The minimum atomic E-state index is 0.242. The Labute approximate surface area is 123 Å². The molecular formula is C18H28N2. The Morgan fingerprint density at radius 3 is 2.25 bits per heavy atom. The van der Waals surface area contributed by atoms with Crippen molar-refractivity contribution in [3.63, 3.8) is 0 Å². The van der Waals surface area contributed by atoms with Gasteiger partial charge < -0.3 is 10.6 Å². The SMILES string of the molecule is NCC1(c2ccccc2N2CCCCC2)CCCCC1. The van der Waals surface area contributed by atoms with Gasteiger partial charge in [-0.15, -0.1) is 0 Å². The highest BCUT2D eigenvalue weighted by molar-refractivity contribution is 5.57. The van der Waals surface area contributed by atoms with Gasteiger partial charge in [0, 0.05) is 30.7 Å². The van der Waals surface area contributed by atoms with Gasteiger partial charge in [0.15, 0.2) is 0 Å². The number of nitrogens with zero attached hydrogens (tertiary/aromatic N) is 1. The van der Waals surface area contributed by atoms with E-state index >= 15 is 0 Å². The van der Waals surface area contributed by atoms with Crippen LogP contribution in [-0.2, 0) is 5.41 Å². The van der Waals surface area contributed by atoms with E-state index in [0.29, 0.717) is 0 Å². The van der Waals surface area contributed by atoms with Gasteiger partial charge in [0.05, 0.1) is 0 Å². The smallest absolute Gasteiger partial charge is 0.0404 e. The molecule has 0 aromatic heterocycles. The molecule has 3 rings (SSSR count). The third kappa shape index (κ3) is 2.58. The predicted molar refractivity (Wildman–Crippen MR) is 86.3 cm³/mol. The van der Waals surface area contributed by atoms with E-state index in [4.69, 9.17) is 5.73 Å². The molecule has 1 aromatic carbocycles. The molecule has 0 atom stereocenters. The minimum absolute atomic E-state index is 0.242. The summed E-state index contributed by atoms with van der Waals surface area (Å²) in [4.78, 5) is 2.60. The molecule has 0 bridgehead atoms. The summed E-state index contributed by atoms with van der Waals surface area (Å²) in [7, 11) is 0. The number of benzene rings is 1. The maximum Gasteiger partial charge on any atom is 0.0404 e. The van der Waals surface area contributed by atoms with Crippen molar-refractivity contribution in [1.82, 2.24) is 0 Å². The normalized spacial score (nSPS) is 22.8. The van der Waals surface area contributed by atoms with Crippen LogP contribution in [0, 0.1) is 0 Å². The van der Waals surface area contributed by atoms with E-state index in [1.54, 1.807) is 0 Å². The Kier molecular flexibility index (Phi) is 4.30. The number of rotatable bonds is 3. The van der Waals surface area contributed by atoms with Gasteiger partial charge in [0.25, 0.3) is 0 Å². The Morgan fingerprint density at radius 1 is 0.900 bits per heavy atom. The van der Waals surface area contributed by atoms with E-state index in [-0.39, 0.29) is 5.41 Å². The molecule has 1 saturated heterocycles. The molecule has 1 aromatic rings. The molecule has 0 spiro atoms. The molecule has 1 aliphatic carbocycles. The van der Waals surface area contributed by atoms with E-state index in [1.807, 2.05) is 0 Å². The third-order valence-corrected chi connectivity index (χ3v) is 5.37. The predicted octanol–water partition coefficient (Wildman–Crippen LogP) is 3.84. The molecule has 110 valence electrons. The van der Waals surface area contributed by atoms with E-state index in [2.05, 4.69) is 29.2 Å². The van der Waals surface area contributed by atoms with Gasteiger partial charge in [0.2, 0.25) is 0 Å². The highest BCUT2D eigenvalue weighted by Crippen LogP contribution is 2.43. The maximum atomic E-state index is 6.25. The summed E-state index contributed by atoms with van der Waals surface area (Å²) in [6.45, 7) is 3.24. The molecule has 0 radical (unpaired) electrons. The van der Waals surface area contributed by atoms with Crippen LogP contribution >= 0.6 is 0 Å². The van der Waals surface area contributed by atoms with Crippen molar-refractivity contribution in [1.29, 1.82) is 0 Å². The molecule has 2 nitrogen and oxygen atoms in total. The first-order chi connectivity index (χ1) is 9.86. The molecule has 2 fully saturated rings. The summed E-state index contributed by atoms with van der Waals surface area (Å²) in [5, 5.41) is 0. The summed E-state index contributed by atoms with van der Waals surface area (Å²) in [6, 6.07) is 9.07. The highest BCUT2D eigenvalue weighted by Gasteiger charge is 2.35. The van der Waals surface area contributed by atoms with Crippen molar-refractivity contribution < 1.29 is 0 Å². The molecule has 0 unspecified atom stereocenters. The number of para-hydroxylation sites is 1. The quantitative estimate of drug-likeness (QED) is 0.906. The Bertz CT molecular complexity index is 429. The number of nitrogens with two attached hydrogens (primary N) is 1. The Hall–Kier alpha value is -1.02. The second kappa shape index (κ2) is 6.17. The zero-order valence-electron chi connectivity index (χ0n) is 12.6. The maximum absolute atomic E-state index is 6.25. The summed E-state index contributed by atoms with van der Waals surface area (Å²) in [5.74, 6) is 0. The molecule has 1 heterocycles. The second-order valence-electron chi connectivity index (χ2n) is 6.61. The molecule has 1 saturated carbocycles. The molecule has 2 heteroatoms. The number of piperidine rings is 1. The Balaban J connectivity index is 1.95. The standard InChI is InChI=1S/C18H28N2/c19-15-18(11-5-1-6-12-18)16-9-3-4-10-17(16)20-13-7-2-8-14-20/h3-4,9-10H,1-2,5-8,11-15,19H2. The lowest BCUT2D eigenvalue weighted by atomic mass is 9.69. The lowest BCUT2D eigenvalue weighted by Crippen LogP contribution is -2.40. The van der Waals surface area contributed by atoms with Crippen molar-refractivity contribution in [3.05, 3.63) is 29.8 Å². The largest absolute Gasteiger partial charge is 0.371 e. The number of hydrogen-bond acceptors (Lipinski definition) is 2. The van der Waals surface area contributed by atoms with Gasteiger partial charge in [-0.05, 0) is 43.7 Å². The zero-order valence-corrected chi connectivity index (χ0v) is 12.6. The van der Waals surface area contributed by atoms with Crippen LogP contribution in [0.5, 0.6) is 0 Å². The summed E-state index contributed by atoms with van der Waals surface area (Å²) in [6.07, 6.45) is 10.7. The summed E-state index contributed by atoms with van der Waals surface area (Å²) >= 11 is 0. The van der Waals surface area contributed by atoms with Crippen LogP contribution in [0.4, 0.5) is 5.69 Å². The average molecular weight is 272 g/mol. The van der Waals surface area contributed by atoms with Gasteiger partial charge >= 0.3 is 0 Å². The molecular weight excluding hydrogens is 244 g/mol. The van der Waals surface area contributed by atoms with Crippen molar-refractivity contribution in [2.75, 3.05) is 24.5 Å². The molecule has 20 heavy (non-hydrogen) atoms. The molecule has 2 aliphatic rings. The fourth-order valence-corrected chi connectivity index (χ4v) is 4.14.